The second-order valence-corrected chi connectivity index (χ2v) is 4.72. The Morgan fingerprint density at radius 2 is 2.20 bits per heavy atom. The fraction of sp³-hybridized carbons (Fsp3) is 0.909. The van der Waals surface area contributed by atoms with Gasteiger partial charge < -0.3 is 11.1 Å². The quantitative estimate of drug-likeness (QED) is 0.645. The molecule has 1 heterocycles. The van der Waals surface area contributed by atoms with Gasteiger partial charge in [0.25, 0.3) is 0 Å². The number of carbonyl (C=O) groups is 1. The maximum Gasteiger partial charge on any atom is 0.221 e. The molecule has 1 aliphatic heterocycles. The first-order valence-electron chi connectivity index (χ1n) is 6.02. The van der Waals surface area contributed by atoms with Crippen molar-refractivity contribution >= 4 is 5.91 Å². The molecule has 2 fully saturated rings. The van der Waals surface area contributed by atoms with Crippen LogP contribution < -0.4 is 11.1 Å². The summed E-state index contributed by atoms with van der Waals surface area (Å²) in [6, 6.07) is 0.983. The van der Waals surface area contributed by atoms with Crippen LogP contribution in [0.2, 0.25) is 0 Å². The van der Waals surface area contributed by atoms with E-state index in [1.165, 1.54) is 19.3 Å². The Balaban J connectivity index is 1.88. The maximum absolute atomic E-state index is 11.2. The van der Waals surface area contributed by atoms with Gasteiger partial charge in [0.1, 0.15) is 0 Å². The van der Waals surface area contributed by atoms with Crippen LogP contribution in [0.1, 0.15) is 32.1 Å². The first-order chi connectivity index (χ1) is 7.25. The van der Waals surface area contributed by atoms with Crippen LogP contribution in [0.5, 0.6) is 0 Å². The van der Waals surface area contributed by atoms with Gasteiger partial charge in [0.2, 0.25) is 5.91 Å². The van der Waals surface area contributed by atoms with Gasteiger partial charge in [0.05, 0.1) is 0 Å². The van der Waals surface area contributed by atoms with E-state index >= 15 is 0 Å². The minimum absolute atomic E-state index is 0.192. The van der Waals surface area contributed by atoms with Gasteiger partial charge in [-0.2, -0.15) is 0 Å². The molecular formula is C11H21N3O. The van der Waals surface area contributed by atoms with E-state index in [-0.39, 0.29) is 5.91 Å². The van der Waals surface area contributed by atoms with Crippen molar-refractivity contribution in [3.05, 3.63) is 0 Å². The maximum atomic E-state index is 11.2. The molecule has 0 aromatic carbocycles. The van der Waals surface area contributed by atoms with Gasteiger partial charge >= 0.3 is 0 Å². The average molecular weight is 211 g/mol. The smallest absolute Gasteiger partial charge is 0.221 e. The van der Waals surface area contributed by atoms with Crippen molar-refractivity contribution in [2.45, 2.75) is 44.2 Å². The largest absolute Gasteiger partial charge is 0.355 e. The van der Waals surface area contributed by atoms with Gasteiger partial charge in [-0.25, -0.2) is 0 Å². The summed E-state index contributed by atoms with van der Waals surface area (Å²) in [4.78, 5) is 13.7. The monoisotopic (exact) mass is 211 g/mol. The van der Waals surface area contributed by atoms with Gasteiger partial charge in [-0.1, -0.05) is 6.42 Å². The lowest BCUT2D eigenvalue weighted by Gasteiger charge is -2.35. The molecule has 0 aromatic heterocycles. The minimum Gasteiger partial charge on any atom is -0.355 e. The van der Waals surface area contributed by atoms with Crippen LogP contribution in [0, 0.1) is 0 Å². The lowest BCUT2D eigenvalue weighted by atomic mass is 9.90. The summed E-state index contributed by atoms with van der Waals surface area (Å²) in [5.74, 6) is 0.192. The molecule has 2 atom stereocenters. The Kier molecular flexibility index (Phi) is 3.59. The molecule has 1 amide bonds. The number of nitrogens with two attached hydrogens (primary N) is 1. The van der Waals surface area contributed by atoms with Crippen LogP contribution in [0.25, 0.3) is 0 Å². The Morgan fingerprint density at radius 3 is 3.00 bits per heavy atom. The fourth-order valence-corrected chi connectivity index (χ4v) is 2.68. The Morgan fingerprint density at radius 1 is 1.33 bits per heavy atom. The third-order valence-electron chi connectivity index (χ3n) is 3.55. The highest BCUT2D eigenvalue weighted by molar-refractivity contribution is 5.76. The predicted molar refractivity (Wildman–Crippen MR) is 59.4 cm³/mol. The molecular weight excluding hydrogens is 190 g/mol. The highest BCUT2D eigenvalue weighted by atomic mass is 16.1. The zero-order valence-electron chi connectivity index (χ0n) is 9.24. The lowest BCUT2D eigenvalue weighted by Crippen LogP contribution is -2.43. The van der Waals surface area contributed by atoms with Gasteiger partial charge in [-0.05, 0) is 19.3 Å². The lowest BCUT2D eigenvalue weighted by molar-refractivity contribution is -0.120. The molecule has 0 bridgehead atoms. The molecule has 86 valence electrons. The molecule has 2 aliphatic rings. The first-order valence-corrected chi connectivity index (χ1v) is 6.02. The molecule has 2 rings (SSSR count). The van der Waals surface area contributed by atoms with Crippen molar-refractivity contribution in [2.24, 2.45) is 5.73 Å². The van der Waals surface area contributed by atoms with Crippen LogP contribution in [0.3, 0.4) is 0 Å². The summed E-state index contributed by atoms with van der Waals surface area (Å²) >= 11 is 0. The SMILES string of the molecule is NC1CCCC(N2CCNC(=O)CC2)C1. The molecule has 1 saturated carbocycles. The normalized spacial score (nSPS) is 34.6. The van der Waals surface area contributed by atoms with E-state index in [1.807, 2.05) is 0 Å². The predicted octanol–water partition coefficient (Wildman–Crippen LogP) is 0.0782. The van der Waals surface area contributed by atoms with E-state index in [0.717, 1.165) is 26.1 Å². The number of nitrogens with zero attached hydrogens (tertiary/aromatic N) is 1. The topological polar surface area (TPSA) is 58.4 Å². The van der Waals surface area contributed by atoms with Crippen LogP contribution in [0.15, 0.2) is 0 Å². The van der Waals surface area contributed by atoms with Gasteiger partial charge in [0, 0.05) is 38.1 Å². The first kappa shape index (κ1) is 10.9. The average Bonchev–Trinajstić information content (AvgIpc) is 2.43. The second-order valence-electron chi connectivity index (χ2n) is 4.72. The molecule has 0 aromatic rings. The minimum atomic E-state index is 0.192. The summed E-state index contributed by atoms with van der Waals surface area (Å²) in [5.41, 5.74) is 5.99. The molecule has 0 spiro atoms. The summed E-state index contributed by atoms with van der Waals surface area (Å²) in [5, 5.41) is 2.91. The number of nitrogens with one attached hydrogen (secondary N) is 1. The number of hydrogen-bond donors (Lipinski definition) is 2. The van der Waals surface area contributed by atoms with E-state index in [1.54, 1.807) is 0 Å². The third kappa shape index (κ3) is 2.92. The molecule has 15 heavy (non-hydrogen) atoms. The molecule has 2 unspecified atom stereocenters. The summed E-state index contributed by atoms with van der Waals surface area (Å²) < 4.78 is 0. The van der Waals surface area contributed by atoms with Crippen LogP contribution in [-0.4, -0.2) is 42.5 Å². The van der Waals surface area contributed by atoms with Gasteiger partial charge in [0.15, 0.2) is 0 Å². The highest BCUT2D eigenvalue weighted by Crippen LogP contribution is 2.22. The van der Waals surface area contributed by atoms with Gasteiger partial charge in [-0.15, -0.1) is 0 Å². The zero-order chi connectivity index (χ0) is 10.7. The van der Waals surface area contributed by atoms with E-state index in [2.05, 4.69) is 10.2 Å². The van der Waals surface area contributed by atoms with E-state index < -0.39 is 0 Å². The summed E-state index contributed by atoms with van der Waals surface area (Å²) in [6.07, 6.45) is 5.41. The van der Waals surface area contributed by atoms with E-state index in [4.69, 9.17) is 5.73 Å². The number of amides is 1. The Bertz CT molecular complexity index is 232. The van der Waals surface area contributed by atoms with E-state index in [0.29, 0.717) is 18.5 Å². The third-order valence-corrected chi connectivity index (χ3v) is 3.55. The van der Waals surface area contributed by atoms with Crippen LogP contribution in [0.4, 0.5) is 0 Å². The zero-order valence-corrected chi connectivity index (χ0v) is 9.24. The van der Waals surface area contributed by atoms with Crippen molar-refractivity contribution in [3.8, 4) is 0 Å². The fourth-order valence-electron chi connectivity index (χ4n) is 2.68. The number of carbonyl (C=O) groups excluding carboxylic acids is 1. The summed E-state index contributed by atoms with van der Waals surface area (Å²) in [6.45, 7) is 2.69. The summed E-state index contributed by atoms with van der Waals surface area (Å²) in [7, 11) is 0. The second kappa shape index (κ2) is 4.94. The molecule has 1 aliphatic carbocycles. The standard InChI is InChI=1S/C11H21N3O/c12-9-2-1-3-10(8-9)14-6-4-11(15)13-5-7-14/h9-10H,1-8,12H2,(H,13,15). The van der Waals surface area contributed by atoms with Crippen molar-refractivity contribution in [2.75, 3.05) is 19.6 Å². The Labute approximate surface area is 91.2 Å². The number of hydrogen-bond acceptors (Lipinski definition) is 3. The van der Waals surface area contributed by atoms with Crippen LogP contribution >= 0.6 is 0 Å². The highest BCUT2D eigenvalue weighted by Gasteiger charge is 2.26. The molecule has 0 radical (unpaired) electrons. The molecule has 3 N–H and O–H groups in total. The van der Waals surface area contributed by atoms with Crippen molar-refractivity contribution in [1.29, 1.82) is 0 Å². The van der Waals surface area contributed by atoms with Gasteiger partial charge in [-0.3, -0.25) is 9.69 Å². The molecule has 4 nitrogen and oxygen atoms in total. The van der Waals surface area contributed by atoms with E-state index in [9.17, 15) is 4.79 Å². The number of rotatable bonds is 1. The Hall–Kier alpha value is -0.610. The van der Waals surface area contributed by atoms with Crippen molar-refractivity contribution < 1.29 is 4.79 Å². The molecule has 1 saturated heterocycles. The van der Waals surface area contributed by atoms with Crippen molar-refractivity contribution in [3.63, 3.8) is 0 Å². The van der Waals surface area contributed by atoms with Crippen LogP contribution in [-0.2, 0) is 4.79 Å². The van der Waals surface area contributed by atoms with Crippen molar-refractivity contribution in [1.82, 2.24) is 10.2 Å². The molecule has 4 heteroatoms.